The van der Waals surface area contributed by atoms with Gasteiger partial charge in [0.05, 0.1) is 12.8 Å². The average Bonchev–Trinajstić information content (AvgIpc) is 3.07. The van der Waals surface area contributed by atoms with E-state index in [1.54, 1.807) is 0 Å². The summed E-state index contributed by atoms with van der Waals surface area (Å²) in [7, 11) is -6.81. The quantitative estimate of drug-likeness (QED) is 0.437. The van der Waals surface area contributed by atoms with E-state index in [1.807, 2.05) is 47.7 Å². The van der Waals surface area contributed by atoms with Crippen molar-refractivity contribution in [2.75, 3.05) is 12.8 Å². The van der Waals surface area contributed by atoms with E-state index in [4.69, 9.17) is 13.3 Å². The van der Waals surface area contributed by atoms with Crippen LogP contribution in [-0.2, 0) is 28.3 Å². The normalized spacial score (nSPS) is 28.1. The summed E-state index contributed by atoms with van der Waals surface area (Å²) in [6, 6.07) is -0.244. The Kier molecular flexibility index (Phi) is 6.62. The van der Waals surface area contributed by atoms with E-state index in [0.717, 1.165) is 10.8 Å². The van der Waals surface area contributed by atoms with Crippen molar-refractivity contribution in [3.05, 3.63) is 32.6 Å². The first kappa shape index (κ1) is 26.8. The molecule has 34 heavy (non-hydrogen) atoms. The smallest absolute Gasteiger partial charge is 0.330 e. The lowest BCUT2D eigenvalue weighted by Gasteiger charge is -2.43. The maximum absolute atomic E-state index is 13.8. The summed E-state index contributed by atoms with van der Waals surface area (Å²) in [5.74, 6) is -0.571. The SMILES string of the molecule is Cc1cn([C@@H]2O[C@@H]3CN(C(C)C)C(=O)[C@]3(OS(C)(=O)=O)[C@H]2O[Si](C)(C)C(C)(C)C)c(=O)[nH]c1=O. The second kappa shape index (κ2) is 8.40. The first-order valence-electron chi connectivity index (χ1n) is 11.2. The number of fused-ring (bicyclic) bond motifs is 1. The van der Waals surface area contributed by atoms with Crippen LogP contribution in [0.1, 0.15) is 46.4 Å². The molecule has 3 rings (SSSR count). The van der Waals surface area contributed by atoms with Crippen LogP contribution in [-0.4, -0.2) is 73.7 Å². The number of aromatic nitrogens is 2. The Morgan fingerprint density at radius 2 is 1.82 bits per heavy atom. The Bertz CT molecular complexity index is 1200. The van der Waals surface area contributed by atoms with Gasteiger partial charge in [0.1, 0.15) is 12.2 Å². The van der Waals surface area contributed by atoms with E-state index in [0.29, 0.717) is 0 Å². The van der Waals surface area contributed by atoms with Crippen LogP contribution in [0.2, 0.25) is 18.1 Å². The summed E-state index contributed by atoms with van der Waals surface area (Å²) < 4.78 is 44.5. The molecule has 2 fully saturated rings. The molecular formula is C21H35N3O8SSi. The number of ether oxygens (including phenoxy) is 1. The lowest BCUT2D eigenvalue weighted by molar-refractivity contribution is -0.149. The lowest BCUT2D eigenvalue weighted by Crippen LogP contribution is -2.60. The Labute approximate surface area is 200 Å². The number of hydrogen-bond donors (Lipinski definition) is 1. The average molecular weight is 518 g/mol. The molecule has 0 bridgehead atoms. The maximum atomic E-state index is 13.8. The molecule has 2 aliphatic heterocycles. The number of aryl methyl sites for hydroxylation is 1. The van der Waals surface area contributed by atoms with Crippen LogP contribution in [0.5, 0.6) is 0 Å². The molecule has 0 aliphatic carbocycles. The molecule has 1 aromatic rings. The maximum Gasteiger partial charge on any atom is 0.330 e. The van der Waals surface area contributed by atoms with Crippen LogP contribution in [0.15, 0.2) is 15.8 Å². The molecule has 1 aromatic heterocycles. The molecule has 192 valence electrons. The standard InChI is InChI=1S/C21H35N3O8SSi/c1-12(2)23-11-14-21(18(23)26,32-33(7,28)29)15(31-34(8,9)20(4,5)6)17(30-14)24-10-13(3)16(25)22-19(24)27/h10,12,14-15,17H,11H2,1-9H3,(H,22,25,27)/t14-,15+,17-,21-/m1/s1. The molecule has 0 radical (unpaired) electrons. The fourth-order valence-electron chi connectivity index (χ4n) is 4.12. The van der Waals surface area contributed by atoms with Crippen LogP contribution < -0.4 is 11.2 Å². The highest BCUT2D eigenvalue weighted by Crippen LogP contribution is 2.50. The van der Waals surface area contributed by atoms with Crippen molar-refractivity contribution in [2.24, 2.45) is 0 Å². The molecule has 0 unspecified atom stereocenters. The highest BCUT2D eigenvalue weighted by atomic mass is 32.2. The predicted molar refractivity (Wildman–Crippen MR) is 128 cm³/mol. The van der Waals surface area contributed by atoms with Gasteiger partial charge in [-0.05, 0) is 38.9 Å². The molecule has 1 amide bonds. The van der Waals surface area contributed by atoms with Crippen LogP contribution in [0.4, 0.5) is 0 Å². The minimum Gasteiger partial charge on any atom is -0.406 e. The number of nitrogens with zero attached hydrogens (tertiary/aromatic N) is 2. The minimum atomic E-state index is -4.14. The molecule has 0 spiro atoms. The van der Waals surface area contributed by atoms with Crippen molar-refractivity contribution in [1.82, 2.24) is 14.5 Å². The number of carbonyl (C=O) groups excluding carboxylic acids is 1. The largest absolute Gasteiger partial charge is 0.406 e. The minimum absolute atomic E-state index is 0.0664. The highest BCUT2D eigenvalue weighted by molar-refractivity contribution is 7.86. The molecule has 2 aliphatic rings. The van der Waals surface area contributed by atoms with Crippen molar-refractivity contribution in [1.29, 1.82) is 0 Å². The Balaban J connectivity index is 2.28. The molecule has 2 saturated heterocycles. The fourth-order valence-corrected chi connectivity index (χ4v) is 6.17. The van der Waals surface area contributed by atoms with Gasteiger partial charge in [-0.2, -0.15) is 8.42 Å². The van der Waals surface area contributed by atoms with E-state index >= 15 is 0 Å². The Hall–Kier alpha value is -1.80. The third kappa shape index (κ3) is 4.43. The van der Waals surface area contributed by atoms with Gasteiger partial charge in [-0.3, -0.25) is 19.1 Å². The van der Waals surface area contributed by atoms with Crippen LogP contribution in [0.3, 0.4) is 0 Å². The number of H-pyrrole nitrogens is 1. The van der Waals surface area contributed by atoms with Crippen molar-refractivity contribution < 1.29 is 26.6 Å². The van der Waals surface area contributed by atoms with Crippen LogP contribution >= 0.6 is 0 Å². The predicted octanol–water partition coefficient (Wildman–Crippen LogP) is 1.10. The summed E-state index contributed by atoms with van der Waals surface area (Å²) in [5, 5.41) is -0.312. The van der Waals surface area contributed by atoms with Gasteiger partial charge in [0.15, 0.2) is 14.5 Å². The van der Waals surface area contributed by atoms with Crippen molar-refractivity contribution >= 4 is 24.3 Å². The van der Waals surface area contributed by atoms with Crippen molar-refractivity contribution in [2.45, 2.75) is 89.8 Å². The molecular weight excluding hydrogens is 482 g/mol. The number of aromatic amines is 1. The zero-order chi connectivity index (χ0) is 26.0. The van der Waals surface area contributed by atoms with Gasteiger partial charge in [0.25, 0.3) is 21.6 Å². The monoisotopic (exact) mass is 517 g/mol. The van der Waals surface area contributed by atoms with E-state index in [9.17, 15) is 22.8 Å². The van der Waals surface area contributed by atoms with Gasteiger partial charge in [0.2, 0.25) is 5.60 Å². The summed E-state index contributed by atoms with van der Waals surface area (Å²) in [6.07, 6.45) is -1.27. The summed E-state index contributed by atoms with van der Waals surface area (Å²) >= 11 is 0. The van der Waals surface area contributed by atoms with Gasteiger partial charge in [-0.15, -0.1) is 0 Å². The van der Waals surface area contributed by atoms with Gasteiger partial charge >= 0.3 is 5.69 Å². The zero-order valence-electron chi connectivity index (χ0n) is 21.2. The van der Waals surface area contributed by atoms with E-state index in [1.165, 1.54) is 18.0 Å². The van der Waals surface area contributed by atoms with Gasteiger partial charge in [0, 0.05) is 17.8 Å². The third-order valence-electron chi connectivity index (χ3n) is 6.98. The first-order valence-corrected chi connectivity index (χ1v) is 15.9. The second-order valence-corrected chi connectivity index (χ2v) is 17.3. The van der Waals surface area contributed by atoms with Gasteiger partial charge in [-0.25, -0.2) is 8.98 Å². The molecule has 3 heterocycles. The fraction of sp³-hybridized carbons (Fsp3) is 0.762. The van der Waals surface area contributed by atoms with Gasteiger partial charge in [-0.1, -0.05) is 20.8 Å². The number of likely N-dealkylation sites (tertiary alicyclic amines) is 1. The van der Waals surface area contributed by atoms with Gasteiger partial charge < -0.3 is 14.1 Å². The molecule has 11 nitrogen and oxygen atoms in total. The zero-order valence-corrected chi connectivity index (χ0v) is 23.0. The molecule has 0 aromatic carbocycles. The van der Waals surface area contributed by atoms with Crippen LogP contribution in [0, 0.1) is 6.92 Å². The van der Waals surface area contributed by atoms with Crippen molar-refractivity contribution in [3.63, 3.8) is 0 Å². The summed E-state index contributed by atoms with van der Waals surface area (Å²) in [5.41, 5.74) is -3.07. The number of hydrogen-bond acceptors (Lipinski definition) is 8. The highest BCUT2D eigenvalue weighted by Gasteiger charge is 2.71. The summed E-state index contributed by atoms with van der Waals surface area (Å²) in [6.45, 7) is 15.1. The molecule has 0 saturated carbocycles. The van der Waals surface area contributed by atoms with Crippen LogP contribution in [0.25, 0.3) is 0 Å². The second-order valence-electron chi connectivity index (χ2n) is 10.9. The molecule has 13 heteroatoms. The number of carbonyl (C=O) groups is 1. The number of amides is 1. The Morgan fingerprint density at radius 1 is 1.24 bits per heavy atom. The molecule has 1 N–H and O–H groups in total. The number of nitrogens with one attached hydrogen (secondary N) is 1. The lowest BCUT2D eigenvalue weighted by atomic mass is 9.94. The van der Waals surface area contributed by atoms with E-state index in [-0.39, 0.29) is 23.2 Å². The first-order chi connectivity index (χ1) is 15.3. The van der Waals surface area contributed by atoms with Crippen molar-refractivity contribution in [3.8, 4) is 0 Å². The summed E-state index contributed by atoms with van der Waals surface area (Å²) in [4.78, 5) is 42.3. The van der Waals surface area contributed by atoms with E-state index < -0.39 is 59.6 Å². The third-order valence-corrected chi connectivity index (χ3v) is 12.0. The Morgan fingerprint density at radius 3 is 2.32 bits per heavy atom. The topological polar surface area (TPSA) is 137 Å². The number of rotatable bonds is 6. The van der Waals surface area contributed by atoms with E-state index in [2.05, 4.69) is 4.98 Å². The molecule has 4 atom stereocenters.